The SMILES string of the molecule is Cc1cccc2c(=O)[nH]c(CSCCCO)nc12. The van der Waals surface area contributed by atoms with E-state index in [1.165, 1.54) is 0 Å². The van der Waals surface area contributed by atoms with E-state index in [1.54, 1.807) is 17.8 Å². The Kier molecular flexibility index (Phi) is 4.38. The quantitative estimate of drug-likeness (QED) is 0.809. The van der Waals surface area contributed by atoms with Crippen LogP contribution in [0.3, 0.4) is 0 Å². The number of rotatable bonds is 5. The second kappa shape index (κ2) is 6.02. The number of thioether (sulfide) groups is 1. The Balaban J connectivity index is 2.25. The highest BCUT2D eigenvalue weighted by Gasteiger charge is 2.05. The number of aliphatic hydroxyl groups is 1. The van der Waals surface area contributed by atoms with Gasteiger partial charge in [0.2, 0.25) is 0 Å². The third kappa shape index (κ3) is 2.91. The van der Waals surface area contributed by atoms with Crippen molar-refractivity contribution in [3.05, 3.63) is 39.9 Å². The normalized spacial score (nSPS) is 11.0. The Labute approximate surface area is 109 Å². The molecule has 0 aliphatic rings. The number of aryl methyl sites for hydroxylation is 1. The number of aromatic nitrogens is 2. The van der Waals surface area contributed by atoms with Crippen molar-refractivity contribution in [2.45, 2.75) is 19.1 Å². The molecular weight excluding hydrogens is 248 g/mol. The van der Waals surface area contributed by atoms with Gasteiger partial charge in [-0.05, 0) is 30.7 Å². The maximum Gasteiger partial charge on any atom is 0.258 e. The zero-order valence-corrected chi connectivity index (χ0v) is 11.1. The molecule has 0 radical (unpaired) electrons. The number of aromatic amines is 1. The van der Waals surface area contributed by atoms with Gasteiger partial charge in [0, 0.05) is 6.61 Å². The number of hydrogen-bond donors (Lipinski definition) is 2. The molecule has 5 heteroatoms. The van der Waals surface area contributed by atoms with Crippen LogP contribution in [0.5, 0.6) is 0 Å². The Morgan fingerprint density at radius 3 is 3.06 bits per heavy atom. The maximum absolute atomic E-state index is 11.9. The summed E-state index contributed by atoms with van der Waals surface area (Å²) in [6.07, 6.45) is 0.765. The van der Waals surface area contributed by atoms with E-state index >= 15 is 0 Å². The first-order valence-electron chi connectivity index (χ1n) is 5.89. The number of benzene rings is 1. The summed E-state index contributed by atoms with van der Waals surface area (Å²) in [5.74, 6) is 2.23. The van der Waals surface area contributed by atoms with Crippen molar-refractivity contribution in [1.82, 2.24) is 9.97 Å². The van der Waals surface area contributed by atoms with Gasteiger partial charge in [0.1, 0.15) is 5.82 Å². The first-order chi connectivity index (χ1) is 8.72. The number of hydrogen-bond acceptors (Lipinski definition) is 4. The van der Waals surface area contributed by atoms with Crippen molar-refractivity contribution in [3.63, 3.8) is 0 Å². The molecule has 4 nitrogen and oxygen atoms in total. The summed E-state index contributed by atoms with van der Waals surface area (Å²) < 4.78 is 0. The van der Waals surface area contributed by atoms with Gasteiger partial charge >= 0.3 is 0 Å². The molecule has 0 fully saturated rings. The van der Waals surface area contributed by atoms with Gasteiger partial charge in [0.05, 0.1) is 16.7 Å². The summed E-state index contributed by atoms with van der Waals surface area (Å²) >= 11 is 1.66. The van der Waals surface area contributed by atoms with Crippen LogP contribution in [0.1, 0.15) is 17.8 Å². The van der Waals surface area contributed by atoms with Crippen molar-refractivity contribution < 1.29 is 5.11 Å². The van der Waals surface area contributed by atoms with E-state index in [0.29, 0.717) is 17.0 Å². The van der Waals surface area contributed by atoms with E-state index in [9.17, 15) is 4.79 Å². The minimum absolute atomic E-state index is 0.0820. The molecule has 0 atom stereocenters. The predicted molar refractivity (Wildman–Crippen MR) is 75.0 cm³/mol. The summed E-state index contributed by atoms with van der Waals surface area (Å²) in [5, 5.41) is 9.34. The number of para-hydroxylation sites is 1. The standard InChI is InChI=1S/C13H16N2O2S/c1-9-4-2-5-10-12(9)14-11(15-13(10)17)8-18-7-3-6-16/h2,4-5,16H,3,6-8H2,1H3,(H,14,15,17). The predicted octanol–water partition coefficient (Wildman–Crippen LogP) is 1.85. The van der Waals surface area contributed by atoms with Crippen LogP contribution < -0.4 is 5.56 Å². The Morgan fingerprint density at radius 1 is 1.44 bits per heavy atom. The smallest absolute Gasteiger partial charge is 0.258 e. The fraction of sp³-hybridized carbons (Fsp3) is 0.385. The van der Waals surface area contributed by atoms with Crippen LogP contribution in [0.15, 0.2) is 23.0 Å². The Bertz CT molecular complexity index is 595. The van der Waals surface area contributed by atoms with E-state index < -0.39 is 0 Å². The van der Waals surface area contributed by atoms with Crippen molar-refractivity contribution in [1.29, 1.82) is 0 Å². The summed E-state index contributed by atoms with van der Waals surface area (Å²) in [4.78, 5) is 19.2. The lowest BCUT2D eigenvalue weighted by molar-refractivity contribution is 0.296. The molecule has 0 saturated carbocycles. The van der Waals surface area contributed by atoms with Crippen LogP contribution in [0, 0.1) is 6.92 Å². The first kappa shape index (κ1) is 13.1. The summed E-state index contributed by atoms with van der Waals surface area (Å²) in [6, 6.07) is 5.61. The highest BCUT2D eigenvalue weighted by Crippen LogP contribution is 2.14. The van der Waals surface area contributed by atoms with Crippen LogP contribution in [0.4, 0.5) is 0 Å². The first-order valence-corrected chi connectivity index (χ1v) is 7.05. The summed E-state index contributed by atoms with van der Waals surface area (Å²) in [6.45, 7) is 2.16. The highest BCUT2D eigenvalue weighted by molar-refractivity contribution is 7.98. The van der Waals surface area contributed by atoms with Crippen molar-refractivity contribution >= 4 is 22.7 Å². The summed E-state index contributed by atoms with van der Waals surface area (Å²) in [5.41, 5.74) is 1.71. The van der Waals surface area contributed by atoms with Gasteiger partial charge in [-0.25, -0.2) is 4.98 Å². The van der Waals surface area contributed by atoms with Gasteiger partial charge in [0.15, 0.2) is 0 Å². The number of aliphatic hydroxyl groups excluding tert-OH is 1. The third-order valence-electron chi connectivity index (χ3n) is 2.67. The lowest BCUT2D eigenvalue weighted by Gasteiger charge is -2.04. The monoisotopic (exact) mass is 264 g/mol. The molecule has 96 valence electrons. The molecule has 0 aliphatic carbocycles. The lowest BCUT2D eigenvalue weighted by Crippen LogP contribution is -2.12. The van der Waals surface area contributed by atoms with E-state index in [-0.39, 0.29) is 12.2 Å². The van der Waals surface area contributed by atoms with Crippen LogP contribution in [0.25, 0.3) is 10.9 Å². The number of H-pyrrole nitrogens is 1. The molecule has 0 saturated heterocycles. The Hall–Kier alpha value is -1.33. The fourth-order valence-electron chi connectivity index (χ4n) is 1.76. The van der Waals surface area contributed by atoms with Crippen molar-refractivity contribution in [2.75, 3.05) is 12.4 Å². The molecule has 0 bridgehead atoms. The largest absolute Gasteiger partial charge is 0.396 e. The van der Waals surface area contributed by atoms with E-state index in [4.69, 9.17) is 5.11 Å². The van der Waals surface area contributed by atoms with Gasteiger partial charge in [-0.3, -0.25) is 4.79 Å². The van der Waals surface area contributed by atoms with Crippen LogP contribution >= 0.6 is 11.8 Å². The average molecular weight is 264 g/mol. The highest BCUT2D eigenvalue weighted by atomic mass is 32.2. The fourth-order valence-corrected chi connectivity index (χ4v) is 2.56. The molecular formula is C13H16N2O2S. The van der Waals surface area contributed by atoms with Crippen LogP contribution in [0.2, 0.25) is 0 Å². The van der Waals surface area contributed by atoms with Gasteiger partial charge < -0.3 is 10.1 Å². The maximum atomic E-state index is 11.9. The molecule has 1 aromatic carbocycles. The molecule has 1 heterocycles. The summed E-state index contributed by atoms with van der Waals surface area (Å²) in [7, 11) is 0. The van der Waals surface area contributed by atoms with E-state index in [1.807, 2.05) is 19.1 Å². The molecule has 2 N–H and O–H groups in total. The molecule has 2 aromatic rings. The van der Waals surface area contributed by atoms with Gasteiger partial charge in [0.25, 0.3) is 5.56 Å². The minimum atomic E-state index is -0.0820. The molecule has 18 heavy (non-hydrogen) atoms. The molecule has 0 aliphatic heterocycles. The van der Waals surface area contributed by atoms with E-state index in [2.05, 4.69) is 9.97 Å². The van der Waals surface area contributed by atoms with Crippen LogP contribution in [-0.2, 0) is 5.75 Å². The molecule has 2 rings (SSSR count). The molecule has 0 spiro atoms. The number of nitrogens with zero attached hydrogens (tertiary/aromatic N) is 1. The van der Waals surface area contributed by atoms with Gasteiger partial charge in [-0.1, -0.05) is 12.1 Å². The molecule has 0 amide bonds. The second-order valence-corrected chi connectivity index (χ2v) is 5.22. The van der Waals surface area contributed by atoms with Crippen molar-refractivity contribution in [2.24, 2.45) is 0 Å². The number of nitrogens with one attached hydrogen (secondary N) is 1. The zero-order valence-electron chi connectivity index (χ0n) is 10.3. The zero-order chi connectivity index (χ0) is 13.0. The van der Waals surface area contributed by atoms with E-state index in [0.717, 1.165) is 23.3 Å². The minimum Gasteiger partial charge on any atom is -0.396 e. The second-order valence-electron chi connectivity index (χ2n) is 4.11. The van der Waals surface area contributed by atoms with Crippen molar-refractivity contribution in [3.8, 4) is 0 Å². The molecule has 0 unspecified atom stereocenters. The Morgan fingerprint density at radius 2 is 2.28 bits per heavy atom. The topological polar surface area (TPSA) is 66.0 Å². The number of fused-ring (bicyclic) bond motifs is 1. The van der Waals surface area contributed by atoms with Gasteiger partial charge in [-0.2, -0.15) is 11.8 Å². The van der Waals surface area contributed by atoms with Gasteiger partial charge in [-0.15, -0.1) is 0 Å². The lowest BCUT2D eigenvalue weighted by atomic mass is 10.1. The van der Waals surface area contributed by atoms with Crippen LogP contribution in [-0.4, -0.2) is 27.4 Å². The average Bonchev–Trinajstić information content (AvgIpc) is 2.36. The third-order valence-corrected chi connectivity index (χ3v) is 3.73. The molecule has 1 aromatic heterocycles.